The average molecular weight is 361 g/mol. The third kappa shape index (κ3) is 2.85. The molecule has 0 radical (unpaired) electrons. The molecule has 0 saturated heterocycles. The first kappa shape index (κ1) is 16.6. The second-order valence-electron chi connectivity index (χ2n) is 5.85. The highest BCUT2D eigenvalue weighted by Crippen LogP contribution is 2.27. The van der Waals surface area contributed by atoms with Crippen LogP contribution in [0.25, 0.3) is 28.0 Å². The summed E-state index contributed by atoms with van der Waals surface area (Å²) in [4.78, 5) is 28.7. The predicted octanol–water partition coefficient (Wildman–Crippen LogP) is 4.10. The molecule has 0 bridgehead atoms. The number of rotatable bonds is 3. The number of nitrogens with zero attached hydrogens (tertiary/aromatic N) is 3. The number of halogens is 1. The van der Waals surface area contributed by atoms with Gasteiger partial charge in [-0.25, -0.2) is 9.37 Å². The molecule has 0 saturated carbocycles. The highest BCUT2D eigenvalue weighted by Gasteiger charge is 2.21. The van der Waals surface area contributed by atoms with Crippen LogP contribution in [0.15, 0.2) is 77.6 Å². The lowest BCUT2D eigenvalue weighted by molar-refractivity contribution is -0.384. The van der Waals surface area contributed by atoms with Crippen LogP contribution in [0, 0.1) is 15.9 Å². The minimum absolute atomic E-state index is 0.102. The Bertz CT molecular complexity index is 1230. The van der Waals surface area contributed by atoms with Crippen LogP contribution in [0.1, 0.15) is 0 Å². The Morgan fingerprint density at radius 1 is 0.926 bits per heavy atom. The molecule has 1 aromatic heterocycles. The van der Waals surface area contributed by atoms with Gasteiger partial charge < -0.3 is 0 Å². The van der Waals surface area contributed by atoms with Crippen LogP contribution < -0.4 is 5.56 Å². The molecule has 0 N–H and O–H groups in total. The van der Waals surface area contributed by atoms with Gasteiger partial charge in [-0.1, -0.05) is 24.3 Å². The second kappa shape index (κ2) is 6.45. The summed E-state index contributed by atoms with van der Waals surface area (Å²) in [5.41, 5.74) is 0.369. The molecule has 0 aliphatic rings. The zero-order valence-corrected chi connectivity index (χ0v) is 13.9. The Balaban J connectivity index is 2.14. The molecule has 0 unspecified atom stereocenters. The second-order valence-corrected chi connectivity index (χ2v) is 5.85. The van der Waals surface area contributed by atoms with E-state index in [9.17, 15) is 19.3 Å². The Hall–Kier alpha value is -3.87. The van der Waals surface area contributed by atoms with Crippen molar-refractivity contribution in [2.24, 2.45) is 0 Å². The van der Waals surface area contributed by atoms with E-state index in [4.69, 9.17) is 0 Å². The minimum atomic E-state index is -0.550. The number of hydrogen-bond acceptors (Lipinski definition) is 4. The van der Waals surface area contributed by atoms with Gasteiger partial charge in [0, 0.05) is 11.6 Å². The van der Waals surface area contributed by atoms with Crippen LogP contribution in [0.5, 0.6) is 0 Å². The van der Waals surface area contributed by atoms with Crippen molar-refractivity contribution >= 4 is 16.6 Å². The summed E-state index contributed by atoms with van der Waals surface area (Å²) in [7, 11) is 0. The fourth-order valence-electron chi connectivity index (χ4n) is 2.96. The number of para-hydroxylation sites is 3. The molecule has 7 heteroatoms. The Labute approximate surface area is 152 Å². The zero-order chi connectivity index (χ0) is 19.0. The monoisotopic (exact) mass is 361 g/mol. The van der Waals surface area contributed by atoms with Gasteiger partial charge in [0.15, 0.2) is 0 Å². The largest absolute Gasteiger partial charge is 0.293 e. The van der Waals surface area contributed by atoms with Gasteiger partial charge in [-0.05, 0) is 42.5 Å². The summed E-state index contributed by atoms with van der Waals surface area (Å²) >= 11 is 0. The Morgan fingerprint density at radius 3 is 2.33 bits per heavy atom. The average Bonchev–Trinajstić information content (AvgIpc) is 2.68. The summed E-state index contributed by atoms with van der Waals surface area (Å²) in [5, 5.41) is 11.8. The maximum Gasteiger partial charge on any atom is 0.293 e. The zero-order valence-electron chi connectivity index (χ0n) is 13.9. The van der Waals surface area contributed by atoms with Crippen molar-refractivity contribution in [3.63, 3.8) is 0 Å². The standard InChI is InChI=1S/C20H12FN3O3/c21-14-11-9-13(10-12-14)19-22-16-6-2-1-5-15(16)20(25)23(19)17-7-3-4-8-18(17)24(26)27/h1-12H. The molecular formula is C20H12FN3O3. The Kier molecular flexibility index (Phi) is 3.97. The van der Waals surface area contributed by atoms with Crippen molar-refractivity contribution in [1.29, 1.82) is 0 Å². The molecule has 4 aromatic rings. The van der Waals surface area contributed by atoms with Crippen LogP contribution in [-0.4, -0.2) is 14.5 Å². The smallest absolute Gasteiger partial charge is 0.268 e. The SMILES string of the molecule is O=c1c2ccccc2nc(-c2ccc(F)cc2)n1-c1ccccc1[N+](=O)[O-]. The third-order valence-electron chi connectivity index (χ3n) is 4.20. The number of fused-ring (bicyclic) bond motifs is 1. The fourth-order valence-corrected chi connectivity index (χ4v) is 2.96. The van der Waals surface area contributed by atoms with E-state index in [1.165, 1.54) is 47.0 Å². The lowest BCUT2D eigenvalue weighted by Crippen LogP contribution is -2.22. The summed E-state index contributed by atoms with van der Waals surface area (Å²) < 4.78 is 14.6. The maximum atomic E-state index is 13.3. The predicted molar refractivity (Wildman–Crippen MR) is 99.4 cm³/mol. The van der Waals surface area contributed by atoms with E-state index < -0.39 is 16.3 Å². The number of nitro groups is 1. The number of hydrogen-bond donors (Lipinski definition) is 0. The van der Waals surface area contributed by atoms with Gasteiger partial charge in [-0.2, -0.15) is 0 Å². The number of aromatic nitrogens is 2. The summed E-state index contributed by atoms with van der Waals surface area (Å²) in [6.45, 7) is 0. The topological polar surface area (TPSA) is 78.0 Å². The molecule has 4 rings (SSSR count). The lowest BCUT2D eigenvalue weighted by atomic mass is 10.1. The van der Waals surface area contributed by atoms with Crippen molar-refractivity contribution < 1.29 is 9.31 Å². The first-order chi connectivity index (χ1) is 13.1. The van der Waals surface area contributed by atoms with Crippen molar-refractivity contribution in [2.45, 2.75) is 0 Å². The highest BCUT2D eigenvalue weighted by atomic mass is 19.1. The molecule has 3 aromatic carbocycles. The van der Waals surface area contributed by atoms with Crippen LogP contribution in [0.4, 0.5) is 10.1 Å². The van der Waals surface area contributed by atoms with Gasteiger partial charge in [0.2, 0.25) is 0 Å². The molecule has 6 nitrogen and oxygen atoms in total. The van der Waals surface area contributed by atoms with Gasteiger partial charge in [0.1, 0.15) is 17.3 Å². The van der Waals surface area contributed by atoms with Crippen LogP contribution in [0.3, 0.4) is 0 Å². The Morgan fingerprint density at radius 2 is 1.59 bits per heavy atom. The van der Waals surface area contributed by atoms with Crippen LogP contribution >= 0.6 is 0 Å². The molecule has 0 aliphatic heterocycles. The molecule has 27 heavy (non-hydrogen) atoms. The van der Waals surface area contributed by atoms with Crippen molar-refractivity contribution in [1.82, 2.24) is 9.55 Å². The van der Waals surface area contributed by atoms with Crippen LogP contribution in [0.2, 0.25) is 0 Å². The van der Waals surface area contributed by atoms with Gasteiger partial charge in [-0.3, -0.25) is 19.5 Å². The summed E-state index contributed by atoms with van der Waals surface area (Å²) in [6.07, 6.45) is 0. The van der Waals surface area contributed by atoms with Gasteiger partial charge >= 0.3 is 0 Å². The molecule has 132 valence electrons. The molecule has 0 atom stereocenters. The van der Waals surface area contributed by atoms with Gasteiger partial charge in [0.05, 0.1) is 15.8 Å². The summed E-state index contributed by atoms with van der Waals surface area (Å²) in [5.74, 6) is -0.230. The van der Waals surface area contributed by atoms with E-state index in [0.717, 1.165) is 0 Å². The van der Waals surface area contributed by atoms with E-state index in [1.54, 1.807) is 30.3 Å². The van der Waals surface area contributed by atoms with E-state index in [0.29, 0.717) is 16.5 Å². The van der Waals surface area contributed by atoms with Crippen LogP contribution in [-0.2, 0) is 0 Å². The quantitative estimate of drug-likeness (QED) is 0.406. The minimum Gasteiger partial charge on any atom is -0.268 e. The van der Waals surface area contributed by atoms with Crippen molar-refractivity contribution in [3.8, 4) is 17.1 Å². The number of nitro benzene ring substituents is 1. The molecule has 0 amide bonds. The molecule has 0 aliphatic carbocycles. The van der Waals surface area contributed by atoms with E-state index in [1.807, 2.05) is 0 Å². The first-order valence-corrected chi connectivity index (χ1v) is 8.08. The van der Waals surface area contributed by atoms with E-state index >= 15 is 0 Å². The molecular weight excluding hydrogens is 349 g/mol. The van der Waals surface area contributed by atoms with Crippen molar-refractivity contribution in [3.05, 3.63) is 99.1 Å². The normalized spacial score (nSPS) is 10.9. The highest BCUT2D eigenvalue weighted by molar-refractivity contribution is 5.81. The van der Waals surface area contributed by atoms with Gasteiger partial charge in [0.25, 0.3) is 11.2 Å². The summed E-state index contributed by atoms with van der Waals surface area (Å²) in [6, 6.07) is 18.2. The van der Waals surface area contributed by atoms with Crippen molar-refractivity contribution in [2.75, 3.05) is 0 Å². The molecule has 0 fully saturated rings. The third-order valence-corrected chi connectivity index (χ3v) is 4.20. The maximum absolute atomic E-state index is 13.3. The molecule has 1 heterocycles. The fraction of sp³-hybridized carbons (Fsp3) is 0. The lowest BCUT2D eigenvalue weighted by Gasteiger charge is -2.14. The number of benzene rings is 3. The molecule has 0 spiro atoms. The van der Waals surface area contributed by atoms with E-state index in [2.05, 4.69) is 4.98 Å². The van der Waals surface area contributed by atoms with E-state index in [-0.39, 0.29) is 17.2 Å². The first-order valence-electron chi connectivity index (χ1n) is 8.08. The van der Waals surface area contributed by atoms with Gasteiger partial charge in [-0.15, -0.1) is 0 Å².